The first-order valence-electron chi connectivity index (χ1n) is 8.68. The van der Waals surface area contributed by atoms with Crippen LogP contribution in [0.25, 0.3) is 0 Å². The van der Waals surface area contributed by atoms with Crippen molar-refractivity contribution in [3.8, 4) is 11.5 Å². The van der Waals surface area contributed by atoms with E-state index in [2.05, 4.69) is 15.4 Å². The Hall–Kier alpha value is -3.06. The van der Waals surface area contributed by atoms with Gasteiger partial charge in [0.05, 0.1) is 31.7 Å². The van der Waals surface area contributed by atoms with E-state index in [9.17, 15) is 4.79 Å². The molecule has 0 atom stereocenters. The molecule has 3 aromatic rings. The lowest BCUT2D eigenvalue weighted by Gasteiger charge is -2.09. The lowest BCUT2D eigenvalue weighted by molar-refractivity contribution is 0.102. The van der Waals surface area contributed by atoms with Gasteiger partial charge in [-0.15, -0.1) is 0 Å². The lowest BCUT2D eigenvalue weighted by atomic mass is 10.1. The number of hydrogen-bond donors (Lipinski definition) is 1. The van der Waals surface area contributed by atoms with Crippen LogP contribution in [0.5, 0.6) is 11.5 Å². The van der Waals surface area contributed by atoms with Crippen LogP contribution >= 0.6 is 11.6 Å². The van der Waals surface area contributed by atoms with Crippen molar-refractivity contribution >= 4 is 23.2 Å². The summed E-state index contributed by atoms with van der Waals surface area (Å²) in [7, 11) is 3.22. The second kappa shape index (κ2) is 8.75. The van der Waals surface area contributed by atoms with Crippen LogP contribution in [0.15, 0.2) is 42.7 Å². The average molecular weight is 401 g/mol. The van der Waals surface area contributed by atoms with Crippen LogP contribution in [0.2, 0.25) is 5.15 Å². The molecule has 0 saturated heterocycles. The van der Waals surface area contributed by atoms with E-state index in [1.807, 2.05) is 25.1 Å². The van der Waals surface area contributed by atoms with Gasteiger partial charge in [-0.2, -0.15) is 5.10 Å². The van der Waals surface area contributed by atoms with Crippen molar-refractivity contribution in [2.75, 3.05) is 19.5 Å². The molecular formula is C20H21ClN4O3. The lowest BCUT2D eigenvalue weighted by Crippen LogP contribution is -2.12. The van der Waals surface area contributed by atoms with Gasteiger partial charge in [0.25, 0.3) is 5.91 Å². The summed E-state index contributed by atoms with van der Waals surface area (Å²) in [5.74, 6) is 1.06. The fraction of sp³-hybridized carbons (Fsp3) is 0.250. The zero-order chi connectivity index (χ0) is 20.1. The maximum atomic E-state index is 12.4. The SMILES string of the molecule is COc1ccc(CCn2cc(NC(=O)c3ccc(C)nc3Cl)cn2)cc1OC. The van der Waals surface area contributed by atoms with Crippen LogP contribution < -0.4 is 14.8 Å². The number of carbonyl (C=O) groups excluding carboxylic acids is 1. The van der Waals surface area contributed by atoms with Gasteiger partial charge < -0.3 is 14.8 Å². The molecule has 0 spiro atoms. The molecule has 2 aromatic heterocycles. The minimum atomic E-state index is -0.322. The van der Waals surface area contributed by atoms with Gasteiger partial charge in [-0.3, -0.25) is 9.48 Å². The smallest absolute Gasteiger partial charge is 0.258 e. The number of carbonyl (C=O) groups is 1. The van der Waals surface area contributed by atoms with Crippen LogP contribution in [0.1, 0.15) is 21.6 Å². The summed E-state index contributed by atoms with van der Waals surface area (Å²) in [6.07, 6.45) is 4.12. The number of benzene rings is 1. The van der Waals surface area contributed by atoms with Gasteiger partial charge in [-0.05, 0) is 43.2 Å². The largest absolute Gasteiger partial charge is 0.493 e. The molecule has 146 valence electrons. The molecule has 1 aromatic carbocycles. The highest BCUT2D eigenvalue weighted by Gasteiger charge is 2.13. The third kappa shape index (κ3) is 4.61. The maximum absolute atomic E-state index is 12.4. The molecule has 0 radical (unpaired) electrons. The van der Waals surface area contributed by atoms with E-state index >= 15 is 0 Å². The Morgan fingerprint density at radius 1 is 1.18 bits per heavy atom. The predicted molar refractivity (Wildman–Crippen MR) is 107 cm³/mol. The molecule has 0 aliphatic rings. The van der Waals surface area contributed by atoms with E-state index in [4.69, 9.17) is 21.1 Å². The molecule has 1 N–H and O–H groups in total. The van der Waals surface area contributed by atoms with Crippen molar-refractivity contribution in [3.05, 3.63) is 64.7 Å². The van der Waals surface area contributed by atoms with E-state index in [0.29, 0.717) is 29.3 Å². The standard InChI is InChI=1S/C20H21ClN4O3/c1-13-4-6-16(19(21)23-13)20(26)24-15-11-22-25(12-15)9-8-14-5-7-17(27-2)18(10-14)28-3/h4-7,10-12H,8-9H2,1-3H3,(H,24,26). The fourth-order valence-electron chi connectivity index (χ4n) is 2.72. The first kappa shape index (κ1) is 19.7. The zero-order valence-electron chi connectivity index (χ0n) is 15.9. The van der Waals surface area contributed by atoms with Crippen LogP contribution in [0.4, 0.5) is 5.69 Å². The van der Waals surface area contributed by atoms with Gasteiger partial charge >= 0.3 is 0 Å². The third-order valence-electron chi connectivity index (χ3n) is 4.20. The van der Waals surface area contributed by atoms with Gasteiger partial charge in [0.1, 0.15) is 5.15 Å². The highest BCUT2D eigenvalue weighted by molar-refractivity contribution is 6.33. The van der Waals surface area contributed by atoms with Gasteiger partial charge in [-0.25, -0.2) is 4.98 Å². The van der Waals surface area contributed by atoms with Crippen LogP contribution in [0, 0.1) is 6.92 Å². The number of nitrogens with one attached hydrogen (secondary N) is 1. The Morgan fingerprint density at radius 3 is 2.68 bits per heavy atom. The molecule has 3 rings (SSSR count). The summed E-state index contributed by atoms with van der Waals surface area (Å²) in [6, 6.07) is 9.20. The van der Waals surface area contributed by atoms with Crippen molar-refractivity contribution in [1.82, 2.24) is 14.8 Å². The molecular weight excluding hydrogens is 380 g/mol. The van der Waals surface area contributed by atoms with Crippen molar-refractivity contribution in [3.63, 3.8) is 0 Å². The molecule has 0 unspecified atom stereocenters. The van der Waals surface area contributed by atoms with Gasteiger partial charge in [0.2, 0.25) is 0 Å². The Morgan fingerprint density at radius 2 is 1.96 bits per heavy atom. The van der Waals surface area contributed by atoms with Gasteiger partial charge in [0, 0.05) is 18.4 Å². The number of hydrogen-bond acceptors (Lipinski definition) is 5. The number of anilines is 1. The Bertz CT molecular complexity index is 987. The number of aryl methyl sites for hydroxylation is 3. The highest BCUT2D eigenvalue weighted by atomic mass is 35.5. The second-order valence-electron chi connectivity index (χ2n) is 6.18. The van der Waals surface area contributed by atoms with Gasteiger partial charge in [0.15, 0.2) is 11.5 Å². The molecule has 2 heterocycles. The number of nitrogens with zero attached hydrogens (tertiary/aromatic N) is 3. The topological polar surface area (TPSA) is 78.3 Å². The van der Waals surface area contributed by atoms with E-state index in [1.165, 1.54) is 0 Å². The minimum Gasteiger partial charge on any atom is -0.493 e. The third-order valence-corrected chi connectivity index (χ3v) is 4.49. The van der Waals surface area contributed by atoms with Crippen LogP contribution in [-0.4, -0.2) is 34.9 Å². The molecule has 0 aliphatic heterocycles. The molecule has 0 aliphatic carbocycles. The van der Waals surface area contributed by atoms with Crippen LogP contribution in [-0.2, 0) is 13.0 Å². The van der Waals surface area contributed by atoms with Crippen molar-refractivity contribution < 1.29 is 14.3 Å². The minimum absolute atomic E-state index is 0.179. The van der Waals surface area contributed by atoms with Crippen molar-refractivity contribution in [2.45, 2.75) is 19.9 Å². The van der Waals surface area contributed by atoms with Crippen molar-refractivity contribution in [2.24, 2.45) is 0 Å². The highest BCUT2D eigenvalue weighted by Crippen LogP contribution is 2.27. The molecule has 1 amide bonds. The molecule has 0 bridgehead atoms. The fourth-order valence-corrected chi connectivity index (χ4v) is 3.01. The van der Waals surface area contributed by atoms with E-state index in [-0.39, 0.29) is 11.1 Å². The summed E-state index contributed by atoms with van der Waals surface area (Å²) < 4.78 is 12.3. The first-order valence-corrected chi connectivity index (χ1v) is 9.06. The Kier molecular flexibility index (Phi) is 6.16. The molecule has 7 nitrogen and oxygen atoms in total. The molecule has 28 heavy (non-hydrogen) atoms. The number of methoxy groups -OCH3 is 2. The van der Waals surface area contributed by atoms with Crippen LogP contribution in [0.3, 0.4) is 0 Å². The number of pyridine rings is 1. The predicted octanol–water partition coefficient (Wildman–Crippen LogP) is 3.75. The summed E-state index contributed by atoms with van der Waals surface area (Å²) in [6.45, 7) is 2.47. The normalized spacial score (nSPS) is 10.6. The Balaban J connectivity index is 1.62. The van der Waals surface area contributed by atoms with E-state index in [1.54, 1.807) is 43.4 Å². The van der Waals surface area contributed by atoms with E-state index < -0.39 is 0 Å². The molecule has 0 fully saturated rings. The molecule has 8 heteroatoms. The summed E-state index contributed by atoms with van der Waals surface area (Å²) >= 11 is 6.05. The number of aromatic nitrogens is 3. The molecule has 0 saturated carbocycles. The quantitative estimate of drug-likeness (QED) is 0.611. The number of rotatable bonds is 7. The Labute approximate surface area is 168 Å². The summed E-state index contributed by atoms with van der Waals surface area (Å²) in [5.41, 5.74) is 2.76. The second-order valence-corrected chi connectivity index (χ2v) is 6.53. The number of amides is 1. The number of halogens is 1. The first-order chi connectivity index (χ1) is 13.5. The zero-order valence-corrected chi connectivity index (χ0v) is 16.7. The monoisotopic (exact) mass is 400 g/mol. The number of ether oxygens (including phenoxy) is 2. The summed E-state index contributed by atoms with van der Waals surface area (Å²) in [4.78, 5) is 16.5. The van der Waals surface area contributed by atoms with Crippen molar-refractivity contribution in [1.29, 1.82) is 0 Å². The van der Waals surface area contributed by atoms with E-state index in [0.717, 1.165) is 17.7 Å². The summed E-state index contributed by atoms with van der Waals surface area (Å²) in [5, 5.41) is 7.25. The maximum Gasteiger partial charge on any atom is 0.258 e. The van der Waals surface area contributed by atoms with Gasteiger partial charge in [-0.1, -0.05) is 17.7 Å². The average Bonchev–Trinajstić information content (AvgIpc) is 3.13.